The molecule has 0 aliphatic heterocycles. The first-order valence-corrected chi connectivity index (χ1v) is 8.17. The third-order valence-electron chi connectivity index (χ3n) is 4.12. The lowest BCUT2D eigenvalue weighted by atomic mass is 10.0. The fourth-order valence-corrected chi connectivity index (χ4v) is 3.55. The van der Waals surface area contributed by atoms with E-state index in [0.29, 0.717) is 18.2 Å². The minimum atomic E-state index is -0.0569. The van der Waals surface area contributed by atoms with Gasteiger partial charge in [0.15, 0.2) is 0 Å². The number of thiazole rings is 1. The van der Waals surface area contributed by atoms with Crippen molar-refractivity contribution in [2.75, 3.05) is 6.54 Å². The lowest BCUT2D eigenvalue weighted by molar-refractivity contribution is 0.0924. The van der Waals surface area contributed by atoms with Crippen molar-refractivity contribution in [2.24, 2.45) is 11.7 Å². The maximum atomic E-state index is 12.3. The number of nitrogens with two attached hydrogens (primary N) is 1. The Hall–Kier alpha value is -1.08. The van der Waals surface area contributed by atoms with Crippen LogP contribution in [0.25, 0.3) is 11.3 Å². The van der Waals surface area contributed by atoms with E-state index < -0.39 is 0 Å². The number of hydrogen-bond acceptors (Lipinski definition) is 4. The lowest BCUT2D eigenvalue weighted by Crippen LogP contribution is -2.39. The van der Waals surface area contributed by atoms with E-state index in [1.165, 1.54) is 0 Å². The molecule has 0 bridgehead atoms. The molecular formula is C15H22Cl2N4OS. The second-order valence-corrected chi connectivity index (χ2v) is 6.62. The summed E-state index contributed by atoms with van der Waals surface area (Å²) in [6.07, 6.45) is 5.10. The fraction of sp³-hybridized carbons (Fsp3) is 0.467. The summed E-state index contributed by atoms with van der Waals surface area (Å²) < 4.78 is 0. The normalized spacial score (nSPS) is 19.7. The molecule has 5 nitrogen and oxygen atoms in total. The van der Waals surface area contributed by atoms with Gasteiger partial charge in [-0.2, -0.15) is 0 Å². The molecule has 1 aliphatic carbocycles. The van der Waals surface area contributed by atoms with Crippen molar-refractivity contribution >= 4 is 42.1 Å². The molecule has 1 aliphatic rings. The zero-order chi connectivity index (χ0) is 14.8. The van der Waals surface area contributed by atoms with Crippen LogP contribution in [0, 0.1) is 12.8 Å². The number of nitrogens with zero attached hydrogens (tertiary/aromatic N) is 1. The molecule has 23 heavy (non-hydrogen) atoms. The number of carbonyl (C=O) groups is 1. The van der Waals surface area contributed by atoms with Gasteiger partial charge in [0.05, 0.1) is 10.7 Å². The first-order valence-electron chi connectivity index (χ1n) is 7.29. The van der Waals surface area contributed by atoms with Crippen LogP contribution in [-0.4, -0.2) is 28.5 Å². The standard InChI is InChI=1S/C15H20N4OS.2ClH/c1-9-18-14(8-21-9)11-5-13(17-7-11)15(20)19-12-4-2-3-10(12)6-16;;/h5,7-8,10,12,17H,2-4,6,16H2,1H3,(H,19,20);2*1H. The van der Waals surface area contributed by atoms with Gasteiger partial charge < -0.3 is 16.0 Å². The Kier molecular flexibility index (Phi) is 7.54. The van der Waals surface area contributed by atoms with Gasteiger partial charge in [-0.3, -0.25) is 4.79 Å². The Balaban J connectivity index is 0.00000132. The van der Waals surface area contributed by atoms with Crippen molar-refractivity contribution in [2.45, 2.75) is 32.2 Å². The van der Waals surface area contributed by atoms with Gasteiger partial charge in [-0.05, 0) is 38.3 Å². The summed E-state index contributed by atoms with van der Waals surface area (Å²) in [6.45, 7) is 2.61. The van der Waals surface area contributed by atoms with Crippen molar-refractivity contribution in [1.82, 2.24) is 15.3 Å². The van der Waals surface area contributed by atoms with E-state index in [0.717, 1.165) is 35.5 Å². The van der Waals surface area contributed by atoms with Gasteiger partial charge in [0, 0.05) is 23.2 Å². The van der Waals surface area contributed by atoms with Gasteiger partial charge in [0.1, 0.15) is 5.69 Å². The molecule has 0 saturated heterocycles. The summed E-state index contributed by atoms with van der Waals surface area (Å²) in [5.74, 6) is 0.350. The Labute approximate surface area is 152 Å². The summed E-state index contributed by atoms with van der Waals surface area (Å²) in [7, 11) is 0. The van der Waals surface area contributed by atoms with Crippen molar-refractivity contribution in [3.8, 4) is 11.3 Å². The maximum Gasteiger partial charge on any atom is 0.267 e. The van der Waals surface area contributed by atoms with E-state index >= 15 is 0 Å². The predicted molar refractivity (Wildman–Crippen MR) is 98.8 cm³/mol. The van der Waals surface area contributed by atoms with E-state index in [1.807, 2.05) is 24.6 Å². The van der Waals surface area contributed by atoms with Crippen molar-refractivity contribution in [1.29, 1.82) is 0 Å². The topological polar surface area (TPSA) is 83.8 Å². The van der Waals surface area contributed by atoms with E-state index in [9.17, 15) is 4.79 Å². The van der Waals surface area contributed by atoms with Crippen LogP contribution in [-0.2, 0) is 0 Å². The Bertz CT molecular complexity index is 643. The molecule has 128 valence electrons. The number of amides is 1. The minimum absolute atomic E-state index is 0. The van der Waals surface area contributed by atoms with Gasteiger partial charge in [0.25, 0.3) is 5.91 Å². The molecule has 8 heteroatoms. The molecule has 1 fully saturated rings. The van der Waals surface area contributed by atoms with Crippen molar-refractivity contribution in [3.63, 3.8) is 0 Å². The van der Waals surface area contributed by atoms with E-state index in [-0.39, 0.29) is 36.8 Å². The smallest absolute Gasteiger partial charge is 0.267 e. The number of rotatable bonds is 4. The fourth-order valence-electron chi connectivity index (χ4n) is 2.92. The average molecular weight is 377 g/mol. The van der Waals surface area contributed by atoms with E-state index in [2.05, 4.69) is 15.3 Å². The second kappa shape index (κ2) is 8.68. The van der Waals surface area contributed by atoms with Gasteiger partial charge in [0.2, 0.25) is 0 Å². The third kappa shape index (κ3) is 4.47. The highest BCUT2D eigenvalue weighted by Gasteiger charge is 2.27. The van der Waals surface area contributed by atoms with Gasteiger partial charge in [-0.1, -0.05) is 6.42 Å². The van der Waals surface area contributed by atoms with Crippen molar-refractivity contribution < 1.29 is 4.79 Å². The molecule has 2 atom stereocenters. The first-order chi connectivity index (χ1) is 10.2. The zero-order valence-corrected chi connectivity index (χ0v) is 15.3. The molecule has 2 unspecified atom stereocenters. The minimum Gasteiger partial charge on any atom is -0.357 e. The number of halogens is 2. The van der Waals surface area contributed by atoms with Crippen LogP contribution in [0.15, 0.2) is 17.6 Å². The SMILES string of the molecule is Cc1nc(-c2c[nH]c(C(=O)NC3CCCC3CN)c2)cs1.Cl.Cl. The number of H-pyrrole nitrogens is 1. The van der Waals surface area contributed by atoms with Gasteiger partial charge in [-0.25, -0.2) is 4.98 Å². The third-order valence-corrected chi connectivity index (χ3v) is 4.89. The predicted octanol–water partition coefficient (Wildman–Crippen LogP) is 3.15. The number of aromatic amines is 1. The molecule has 0 aromatic carbocycles. The molecule has 0 radical (unpaired) electrons. The van der Waals surface area contributed by atoms with E-state index in [1.54, 1.807) is 11.3 Å². The average Bonchev–Trinajstić information content (AvgIpc) is 3.17. The van der Waals surface area contributed by atoms with Crippen LogP contribution < -0.4 is 11.1 Å². The highest BCUT2D eigenvalue weighted by atomic mass is 35.5. The van der Waals surface area contributed by atoms with Crippen LogP contribution in [0.1, 0.15) is 34.8 Å². The second-order valence-electron chi connectivity index (χ2n) is 5.56. The monoisotopic (exact) mass is 376 g/mol. The molecule has 3 rings (SSSR count). The quantitative estimate of drug-likeness (QED) is 0.765. The van der Waals surface area contributed by atoms with Crippen LogP contribution in [0.2, 0.25) is 0 Å². The number of hydrogen-bond donors (Lipinski definition) is 3. The van der Waals surface area contributed by atoms with Crippen molar-refractivity contribution in [3.05, 3.63) is 28.3 Å². The molecule has 1 saturated carbocycles. The first kappa shape index (κ1) is 20.0. The van der Waals surface area contributed by atoms with Crippen LogP contribution in [0.3, 0.4) is 0 Å². The molecule has 1 amide bonds. The molecular weight excluding hydrogens is 355 g/mol. The lowest BCUT2D eigenvalue weighted by Gasteiger charge is -2.18. The highest BCUT2D eigenvalue weighted by Crippen LogP contribution is 2.25. The summed E-state index contributed by atoms with van der Waals surface area (Å²) in [6, 6.07) is 2.06. The highest BCUT2D eigenvalue weighted by molar-refractivity contribution is 7.09. The van der Waals surface area contributed by atoms with E-state index in [4.69, 9.17) is 5.73 Å². The summed E-state index contributed by atoms with van der Waals surface area (Å²) in [4.78, 5) is 19.8. The maximum absolute atomic E-state index is 12.3. The summed E-state index contributed by atoms with van der Waals surface area (Å²) >= 11 is 1.61. The summed E-state index contributed by atoms with van der Waals surface area (Å²) in [5, 5.41) is 6.12. The van der Waals surface area contributed by atoms with Gasteiger partial charge in [-0.15, -0.1) is 36.2 Å². The zero-order valence-electron chi connectivity index (χ0n) is 12.9. The Morgan fingerprint density at radius 1 is 1.48 bits per heavy atom. The number of nitrogens with one attached hydrogen (secondary N) is 2. The summed E-state index contributed by atoms with van der Waals surface area (Å²) in [5.41, 5.74) is 8.20. The molecule has 2 aromatic rings. The molecule has 4 N–H and O–H groups in total. The molecule has 2 heterocycles. The Morgan fingerprint density at radius 2 is 2.26 bits per heavy atom. The molecule has 2 aromatic heterocycles. The number of carbonyl (C=O) groups excluding carboxylic acids is 1. The Morgan fingerprint density at radius 3 is 2.91 bits per heavy atom. The van der Waals surface area contributed by atoms with Crippen LogP contribution >= 0.6 is 36.2 Å². The van der Waals surface area contributed by atoms with Gasteiger partial charge >= 0.3 is 0 Å². The van der Waals surface area contributed by atoms with Crippen LogP contribution in [0.4, 0.5) is 0 Å². The number of aromatic nitrogens is 2. The number of aryl methyl sites for hydroxylation is 1. The molecule has 0 spiro atoms. The largest absolute Gasteiger partial charge is 0.357 e. The van der Waals surface area contributed by atoms with Crippen LogP contribution in [0.5, 0.6) is 0 Å².